The summed E-state index contributed by atoms with van der Waals surface area (Å²) >= 11 is 1.42. The molecule has 3 heterocycles. The number of likely N-dealkylation sites (tertiary alicyclic amines) is 2. The highest BCUT2D eigenvalue weighted by Gasteiger charge is 2.37. The number of carbonyl (C=O) groups is 2. The number of carboxylic acids is 1. The number of amides is 1. The van der Waals surface area contributed by atoms with E-state index in [4.69, 9.17) is 0 Å². The highest BCUT2D eigenvalue weighted by atomic mass is 32.1. The number of aromatic nitrogens is 1. The minimum atomic E-state index is -0.714. The predicted octanol–water partition coefficient (Wildman–Crippen LogP) is 1.30. The van der Waals surface area contributed by atoms with Gasteiger partial charge < -0.3 is 10.0 Å². The van der Waals surface area contributed by atoms with E-state index in [1.807, 2.05) is 4.90 Å². The van der Waals surface area contributed by atoms with Gasteiger partial charge in [-0.15, -0.1) is 11.3 Å². The fraction of sp³-hybridized carbons (Fsp3) is 0.643. The molecule has 2 saturated heterocycles. The molecule has 0 bridgehead atoms. The van der Waals surface area contributed by atoms with Gasteiger partial charge in [-0.1, -0.05) is 0 Å². The Morgan fingerprint density at radius 3 is 2.62 bits per heavy atom. The Morgan fingerprint density at radius 1 is 1.24 bits per heavy atom. The zero-order chi connectivity index (χ0) is 14.8. The summed E-state index contributed by atoms with van der Waals surface area (Å²) in [7, 11) is 0. The van der Waals surface area contributed by atoms with Crippen molar-refractivity contribution in [1.82, 2.24) is 14.8 Å². The lowest BCUT2D eigenvalue weighted by Crippen LogP contribution is -2.50. The number of thiazole rings is 1. The van der Waals surface area contributed by atoms with E-state index in [0.717, 1.165) is 32.2 Å². The Balaban J connectivity index is 1.58. The Hall–Kier alpha value is -1.47. The molecule has 2 aliphatic heterocycles. The van der Waals surface area contributed by atoms with Crippen molar-refractivity contribution in [3.05, 3.63) is 16.6 Å². The zero-order valence-corrected chi connectivity index (χ0v) is 12.6. The normalized spacial score (nSPS) is 24.4. The van der Waals surface area contributed by atoms with Crippen LogP contribution in [0.25, 0.3) is 0 Å². The second kappa shape index (κ2) is 6.11. The molecule has 1 N–H and O–H groups in total. The van der Waals surface area contributed by atoms with E-state index in [2.05, 4.69) is 9.88 Å². The molecule has 0 spiro atoms. The average molecular weight is 309 g/mol. The number of hydrogen-bond acceptors (Lipinski definition) is 5. The first-order valence-electron chi connectivity index (χ1n) is 7.33. The molecule has 0 aromatic carbocycles. The Morgan fingerprint density at radius 2 is 2.00 bits per heavy atom. The number of piperidine rings is 1. The maximum absolute atomic E-state index is 12.2. The molecular formula is C14H19N3O3S. The van der Waals surface area contributed by atoms with Crippen molar-refractivity contribution in [2.75, 3.05) is 19.6 Å². The van der Waals surface area contributed by atoms with Gasteiger partial charge in [-0.05, 0) is 32.2 Å². The number of aliphatic carboxylic acids is 1. The van der Waals surface area contributed by atoms with E-state index < -0.39 is 5.97 Å². The van der Waals surface area contributed by atoms with Crippen molar-refractivity contribution in [2.45, 2.75) is 37.8 Å². The summed E-state index contributed by atoms with van der Waals surface area (Å²) < 4.78 is 0. The lowest BCUT2D eigenvalue weighted by atomic mass is 10.0. The predicted molar refractivity (Wildman–Crippen MR) is 78.4 cm³/mol. The molecule has 1 amide bonds. The van der Waals surface area contributed by atoms with E-state index in [0.29, 0.717) is 18.8 Å². The van der Waals surface area contributed by atoms with Crippen LogP contribution in [0.2, 0.25) is 0 Å². The van der Waals surface area contributed by atoms with Gasteiger partial charge in [0.2, 0.25) is 0 Å². The first kappa shape index (κ1) is 14.5. The van der Waals surface area contributed by atoms with Crippen molar-refractivity contribution in [3.63, 3.8) is 0 Å². The van der Waals surface area contributed by atoms with Gasteiger partial charge in [-0.25, -0.2) is 4.98 Å². The van der Waals surface area contributed by atoms with Gasteiger partial charge in [0.1, 0.15) is 11.7 Å². The topological polar surface area (TPSA) is 73.7 Å². The molecule has 3 rings (SSSR count). The molecule has 2 aliphatic rings. The molecule has 0 aliphatic carbocycles. The van der Waals surface area contributed by atoms with Crippen LogP contribution >= 0.6 is 11.3 Å². The maximum atomic E-state index is 12.2. The monoisotopic (exact) mass is 309 g/mol. The summed E-state index contributed by atoms with van der Waals surface area (Å²) in [6.45, 7) is 2.23. The largest absolute Gasteiger partial charge is 0.480 e. The van der Waals surface area contributed by atoms with Crippen LogP contribution in [-0.4, -0.2) is 63.5 Å². The van der Waals surface area contributed by atoms with E-state index in [1.165, 1.54) is 11.3 Å². The van der Waals surface area contributed by atoms with Crippen molar-refractivity contribution < 1.29 is 14.7 Å². The Kier molecular flexibility index (Phi) is 4.21. The Labute approximate surface area is 127 Å². The molecule has 0 saturated carbocycles. The molecule has 114 valence electrons. The molecule has 1 atom stereocenters. The number of hydrogen-bond donors (Lipinski definition) is 1. The van der Waals surface area contributed by atoms with Gasteiger partial charge >= 0.3 is 5.97 Å². The first-order valence-corrected chi connectivity index (χ1v) is 8.27. The first-order chi connectivity index (χ1) is 10.2. The van der Waals surface area contributed by atoms with Crippen molar-refractivity contribution in [3.8, 4) is 0 Å². The smallest absolute Gasteiger partial charge is 0.320 e. The fourth-order valence-corrected chi connectivity index (χ4v) is 3.90. The molecule has 2 fully saturated rings. The summed E-state index contributed by atoms with van der Waals surface area (Å²) in [5.74, 6) is -0.723. The molecular weight excluding hydrogens is 290 g/mol. The number of carbonyl (C=O) groups excluding carboxylic acids is 1. The van der Waals surface area contributed by atoms with Crippen LogP contribution in [-0.2, 0) is 4.79 Å². The van der Waals surface area contributed by atoms with Gasteiger partial charge in [-0.2, -0.15) is 0 Å². The van der Waals surface area contributed by atoms with Crippen LogP contribution in [0.3, 0.4) is 0 Å². The highest BCUT2D eigenvalue weighted by Crippen LogP contribution is 2.26. The standard InChI is InChI=1S/C14H19N3O3S/c18-13(11-8-21-9-15-11)16-6-3-10(4-7-16)17-5-1-2-12(17)14(19)20/h8-10,12H,1-7H2,(H,19,20). The molecule has 7 heteroatoms. The summed E-state index contributed by atoms with van der Waals surface area (Å²) in [5.41, 5.74) is 2.19. The molecule has 1 aromatic heterocycles. The minimum absolute atomic E-state index is 0.00842. The van der Waals surface area contributed by atoms with E-state index in [1.54, 1.807) is 10.9 Å². The minimum Gasteiger partial charge on any atom is -0.480 e. The van der Waals surface area contributed by atoms with Gasteiger partial charge in [0.15, 0.2) is 0 Å². The summed E-state index contributed by atoms with van der Waals surface area (Å²) in [6, 6.07) is -0.0520. The van der Waals surface area contributed by atoms with E-state index in [9.17, 15) is 14.7 Å². The van der Waals surface area contributed by atoms with E-state index in [-0.39, 0.29) is 18.0 Å². The van der Waals surface area contributed by atoms with Crippen molar-refractivity contribution in [2.24, 2.45) is 0 Å². The molecule has 6 nitrogen and oxygen atoms in total. The zero-order valence-electron chi connectivity index (χ0n) is 11.8. The summed E-state index contributed by atoms with van der Waals surface area (Å²) in [5, 5.41) is 11.0. The van der Waals surface area contributed by atoms with Crippen LogP contribution in [0.4, 0.5) is 0 Å². The second-order valence-electron chi connectivity index (χ2n) is 5.63. The SMILES string of the molecule is O=C(O)C1CCCN1C1CCN(C(=O)c2cscn2)CC1. The molecule has 21 heavy (non-hydrogen) atoms. The van der Waals surface area contributed by atoms with Crippen LogP contribution in [0.5, 0.6) is 0 Å². The van der Waals surface area contributed by atoms with Crippen molar-refractivity contribution >= 4 is 23.2 Å². The Bertz CT molecular complexity index is 512. The second-order valence-corrected chi connectivity index (χ2v) is 6.35. The third-order valence-electron chi connectivity index (χ3n) is 4.45. The van der Waals surface area contributed by atoms with Gasteiger partial charge in [0.25, 0.3) is 5.91 Å². The number of nitrogens with zero attached hydrogens (tertiary/aromatic N) is 3. The molecule has 1 unspecified atom stereocenters. The third-order valence-corrected chi connectivity index (χ3v) is 5.04. The van der Waals surface area contributed by atoms with Crippen molar-refractivity contribution in [1.29, 1.82) is 0 Å². The highest BCUT2D eigenvalue weighted by molar-refractivity contribution is 7.07. The molecule has 1 aromatic rings. The third kappa shape index (κ3) is 2.94. The average Bonchev–Trinajstić information content (AvgIpc) is 3.18. The quantitative estimate of drug-likeness (QED) is 0.911. The van der Waals surface area contributed by atoms with Crippen LogP contribution in [0.15, 0.2) is 10.9 Å². The number of carboxylic acid groups (broad SMARTS) is 1. The fourth-order valence-electron chi connectivity index (χ4n) is 3.37. The molecule has 0 radical (unpaired) electrons. The van der Waals surface area contributed by atoms with Gasteiger partial charge in [0.05, 0.1) is 5.51 Å². The lowest BCUT2D eigenvalue weighted by molar-refractivity contribution is -0.143. The summed E-state index contributed by atoms with van der Waals surface area (Å²) in [4.78, 5) is 31.5. The number of rotatable bonds is 3. The summed E-state index contributed by atoms with van der Waals surface area (Å²) in [6.07, 6.45) is 3.39. The van der Waals surface area contributed by atoms with Crippen LogP contribution in [0.1, 0.15) is 36.2 Å². The lowest BCUT2D eigenvalue weighted by Gasteiger charge is -2.38. The van der Waals surface area contributed by atoms with Crippen LogP contribution < -0.4 is 0 Å². The van der Waals surface area contributed by atoms with Gasteiger partial charge in [0, 0.05) is 24.5 Å². The van der Waals surface area contributed by atoms with Gasteiger partial charge in [-0.3, -0.25) is 14.5 Å². The van der Waals surface area contributed by atoms with E-state index >= 15 is 0 Å². The maximum Gasteiger partial charge on any atom is 0.320 e. The van der Waals surface area contributed by atoms with Crippen LogP contribution in [0, 0.1) is 0 Å².